The molecule has 0 bridgehead atoms. The predicted octanol–water partition coefficient (Wildman–Crippen LogP) is 3.19. The molecule has 21 heavy (non-hydrogen) atoms. The minimum atomic E-state index is -0.0579. The Hall–Kier alpha value is -1.06. The van der Waals surface area contributed by atoms with Gasteiger partial charge in [-0.25, -0.2) is 0 Å². The normalized spacial score (nSPS) is 17.9. The number of carbonyl (C=O) groups is 1. The molecular formula is C17H24ClNO2. The molecule has 4 heteroatoms. The number of hydrogen-bond donors (Lipinski definition) is 2. The number of benzene rings is 1. The highest BCUT2D eigenvalue weighted by Crippen LogP contribution is 2.43. The van der Waals surface area contributed by atoms with Crippen molar-refractivity contribution in [3.63, 3.8) is 0 Å². The second-order valence-electron chi connectivity index (χ2n) is 6.28. The first-order valence-electron chi connectivity index (χ1n) is 7.68. The molecule has 1 atom stereocenters. The molecule has 116 valence electrons. The third-order valence-electron chi connectivity index (χ3n) is 4.60. The summed E-state index contributed by atoms with van der Waals surface area (Å²) in [5.74, 6) is 0.0339. The number of amides is 1. The zero-order valence-corrected chi connectivity index (χ0v) is 13.3. The van der Waals surface area contributed by atoms with Crippen LogP contribution in [-0.4, -0.2) is 24.2 Å². The van der Waals surface area contributed by atoms with Crippen molar-refractivity contribution >= 4 is 17.5 Å². The van der Waals surface area contributed by atoms with Crippen molar-refractivity contribution in [1.82, 2.24) is 5.32 Å². The summed E-state index contributed by atoms with van der Waals surface area (Å²) in [6.07, 6.45) is 4.93. The molecule has 0 radical (unpaired) electrons. The molecule has 1 amide bonds. The van der Waals surface area contributed by atoms with Gasteiger partial charge in [0.1, 0.15) is 0 Å². The summed E-state index contributed by atoms with van der Waals surface area (Å²) < 4.78 is 0. The third kappa shape index (κ3) is 4.45. The summed E-state index contributed by atoms with van der Waals surface area (Å²) in [5.41, 5.74) is 1.26. The van der Waals surface area contributed by atoms with E-state index in [2.05, 4.69) is 5.32 Å². The molecule has 1 aliphatic rings. The van der Waals surface area contributed by atoms with Crippen molar-refractivity contribution in [2.45, 2.75) is 39.0 Å². The Labute approximate surface area is 131 Å². The lowest BCUT2D eigenvalue weighted by molar-refractivity contribution is -0.125. The molecule has 1 aliphatic carbocycles. The number of rotatable bonds is 7. The number of hydrogen-bond acceptors (Lipinski definition) is 2. The number of aliphatic hydroxyl groups excluding tert-OH is 1. The van der Waals surface area contributed by atoms with E-state index in [4.69, 9.17) is 16.7 Å². The van der Waals surface area contributed by atoms with Gasteiger partial charge in [-0.2, -0.15) is 0 Å². The maximum Gasteiger partial charge on any atom is 0.223 e. The topological polar surface area (TPSA) is 49.3 Å². The minimum absolute atomic E-state index is 0.0579. The van der Waals surface area contributed by atoms with E-state index in [1.54, 1.807) is 0 Å². The van der Waals surface area contributed by atoms with Crippen molar-refractivity contribution in [3.05, 3.63) is 34.9 Å². The van der Waals surface area contributed by atoms with E-state index in [-0.39, 0.29) is 23.8 Å². The third-order valence-corrected chi connectivity index (χ3v) is 4.85. The largest absolute Gasteiger partial charge is 0.396 e. The van der Waals surface area contributed by atoms with E-state index in [1.807, 2.05) is 31.2 Å². The Balaban J connectivity index is 1.81. The van der Waals surface area contributed by atoms with Crippen LogP contribution in [0.2, 0.25) is 5.02 Å². The Kier molecular flexibility index (Phi) is 5.65. The summed E-state index contributed by atoms with van der Waals surface area (Å²) in [5, 5.41) is 12.9. The van der Waals surface area contributed by atoms with Crippen molar-refractivity contribution < 1.29 is 9.90 Å². The lowest BCUT2D eigenvalue weighted by Crippen LogP contribution is -2.44. The van der Waals surface area contributed by atoms with Gasteiger partial charge < -0.3 is 10.4 Å². The molecule has 1 aromatic rings. The monoisotopic (exact) mass is 309 g/mol. The van der Waals surface area contributed by atoms with Gasteiger partial charge in [0.05, 0.1) is 0 Å². The standard InChI is InChI=1S/C17H24ClNO2/c1-13(11-14-3-5-15(18)6-4-14)16(21)19-12-17(9-10-20)7-2-8-17/h3-6,13,20H,2,7-12H2,1H3,(H,19,21). The molecule has 3 nitrogen and oxygen atoms in total. The van der Waals surface area contributed by atoms with E-state index in [0.717, 1.165) is 31.2 Å². The highest BCUT2D eigenvalue weighted by atomic mass is 35.5. The Morgan fingerprint density at radius 1 is 1.38 bits per heavy atom. The van der Waals surface area contributed by atoms with Crippen LogP contribution in [-0.2, 0) is 11.2 Å². The van der Waals surface area contributed by atoms with Gasteiger partial charge >= 0.3 is 0 Å². The SMILES string of the molecule is CC(Cc1ccc(Cl)cc1)C(=O)NCC1(CCO)CCC1. The number of carbonyl (C=O) groups excluding carboxylic acids is 1. The summed E-state index contributed by atoms with van der Waals surface area (Å²) in [6.45, 7) is 2.84. The summed E-state index contributed by atoms with van der Waals surface area (Å²) in [4.78, 5) is 12.2. The van der Waals surface area contributed by atoms with Crippen molar-refractivity contribution in [2.75, 3.05) is 13.2 Å². The van der Waals surface area contributed by atoms with Crippen LogP contribution in [0.25, 0.3) is 0 Å². The smallest absolute Gasteiger partial charge is 0.223 e. The van der Waals surface area contributed by atoms with Crippen LogP contribution in [0.1, 0.15) is 38.2 Å². The first-order valence-corrected chi connectivity index (χ1v) is 8.05. The molecule has 0 heterocycles. The molecule has 0 aromatic heterocycles. The summed E-state index contributed by atoms with van der Waals surface area (Å²) in [6, 6.07) is 7.63. The number of aliphatic hydroxyl groups is 1. The number of nitrogens with one attached hydrogen (secondary N) is 1. The first kappa shape index (κ1) is 16.3. The Bertz CT molecular complexity index is 468. The van der Waals surface area contributed by atoms with Gasteiger partial charge in [0, 0.05) is 24.1 Å². The van der Waals surface area contributed by atoms with Gasteiger partial charge in [0.2, 0.25) is 5.91 Å². The molecule has 0 spiro atoms. The fourth-order valence-corrected chi connectivity index (χ4v) is 3.07. The molecule has 1 saturated carbocycles. The molecule has 0 saturated heterocycles. The van der Waals surface area contributed by atoms with Gasteiger partial charge in [-0.15, -0.1) is 0 Å². The molecule has 1 unspecified atom stereocenters. The van der Waals surface area contributed by atoms with Gasteiger partial charge in [-0.3, -0.25) is 4.79 Å². The zero-order valence-electron chi connectivity index (χ0n) is 12.6. The molecule has 1 aromatic carbocycles. The molecule has 0 aliphatic heterocycles. The lowest BCUT2D eigenvalue weighted by Gasteiger charge is -2.42. The van der Waals surface area contributed by atoms with Crippen molar-refractivity contribution in [1.29, 1.82) is 0 Å². The van der Waals surface area contributed by atoms with Crippen LogP contribution in [0.4, 0.5) is 0 Å². The molecular weight excluding hydrogens is 286 g/mol. The highest BCUT2D eigenvalue weighted by molar-refractivity contribution is 6.30. The quantitative estimate of drug-likeness (QED) is 0.812. The van der Waals surface area contributed by atoms with Crippen LogP contribution in [0.3, 0.4) is 0 Å². The van der Waals surface area contributed by atoms with Crippen molar-refractivity contribution in [2.24, 2.45) is 11.3 Å². The lowest BCUT2D eigenvalue weighted by atomic mass is 9.66. The summed E-state index contributed by atoms with van der Waals surface area (Å²) >= 11 is 5.86. The maximum atomic E-state index is 12.2. The fourth-order valence-electron chi connectivity index (χ4n) is 2.94. The van der Waals surface area contributed by atoms with Crippen LogP contribution in [0.15, 0.2) is 24.3 Å². The average molecular weight is 310 g/mol. The van der Waals surface area contributed by atoms with E-state index in [9.17, 15) is 4.79 Å². The predicted molar refractivity (Wildman–Crippen MR) is 85.3 cm³/mol. The summed E-state index contributed by atoms with van der Waals surface area (Å²) in [7, 11) is 0. The van der Waals surface area contributed by atoms with Crippen LogP contribution in [0.5, 0.6) is 0 Å². The molecule has 1 fully saturated rings. The molecule has 2 rings (SSSR count). The van der Waals surface area contributed by atoms with E-state index in [0.29, 0.717) is 11.6 Å². The van der Waals surface area contributed by atoms with Gasteiger partial charge in [-0.1, -0.05) is 37.1 Å². The van der Waals surface area contributed by atoms with Gasteiger partial charge in [0.25, 0.3) is 0 Å². The molecule has 2 N–H and O–H groups in total. The number of halogens is 1. The first-order chi connectivity index (χ1) is 10.0. The van der Waals surface area contributed by atoms with Crippen LogP contribution < -0.4 is 5.32 Å². The van der Waals surface area contributed by atoms with Crippen LogP contribution >= 0.6 is 11.6 Å². The maximum absolute atomic E-state index is 12.2. The Morgan fingerprint density at radius 2 is 2.05 bits per heavy atom. The van der Waals surface area contributed by atoms with Crippen molar-refractivity contribution in [3.8, 4) is 0 Å². The van der Waals surface area contributed by atoms with E-state index >= 15 is 0 Å². The van der Waals surface area contributed by atoms with E-state index < -0.39 is 0 Å². The van der Waals surface area contributed by atoms with Gasteiger partial charge in [-0.05, 0) is 48.8 Å². The Morgan fingerprint density at radius 3 is 2.57 bits per heavy atom. The second-order valence-corrected chi connectivity index (χ2v) is 6.71. The zero-order chi connectivity index (χ0) is 15.3. The average Bonchev–Trinajstić information content (AvgIpc) is 2.43. The van der Waals surface area contributed by atoms with Crippen LogP contribution in [0, 0.1) is 11.3 Å². The highest BCUT2D eigenvalue weighted by Gasteiger charge is 2.36. The minimum Gasteiger partial charge on any atom is -0.396 e. The second kappa shape index (κ2) is 7.28. The van der Waals surface area contributed by atoms with E-state index in [1.165, 1.54) is 6.42 Å². The van der Waals surface area contributed by atoms with Gasteiger partial charge in [0.15, 0.2) is 0 Å². The fraction of sp³-hybridized carbons (Fsp3) is 0.588.